The van der Waals surface area contributed by atoms with E-state index in [0.717, 1.165) is 23.5 Å². The lowest BCUT2D eigenvalue weighted by Gasteiger charge is -1.98. The van der Waals surface area contributed by atoms with E-state index < -0.39 is 0 Å². The second-order valence-corrected chi connectivity index (χ2v) is 13.5. The maximum absolute atomic E-state index is 9.14. The number of nitriles is 4. The van der Waals surface area contributed by atoms with Crippen LogP contribution in [0.4, 0.5) is 0 Å². The molecule has 0 bridgehead atoms. The Kier molecular flexibility index (Phi) is 7.46. The third-order valence-electron chi connectivity index (χ3n) is 5.55. The predicted octanol–water partition coefficient (Wildman–Crippen LogP) is 6.00. The Morgan fingerprint density at radius 3 is 1.00 bits per heavy atom. The predicted molar refractivity (Wildman–Crippen MR) is 160 cm³/mol. The normalized spacial score (nSPS) is 12.9. The van der Waals surface area contributed by atoms with Crippen LogP contribution in [-0.4, -0.2) is 17.5 Å². The molecule has 0 saturated heterocycles. The van der Waals surface area contributed by atoms with Gasteiger partial charge >= 0.3 is 0 Å². The average molecular weight is 625 g/mol. The largest absolute Gasteiger partial charge is 0.192 e. The van der Waals surface area contributed by atoms with E-state index in [-0.39, 0.29) is 43.7 Å². The minimum Gasteiger partial charge on any atom is -0.192 e. The van der Waals surface area contributed by atoms with Gasteiger partial charge in [0.15, 0.2) is 0 Å². The average Bonchev–Trinajstić information content (AvgIpc) is 3.80. The summed E-state index contributed by atoms with van der Waals surface area (Å²) >= 11 is 9.33. The van der Waals surface area contributed by atoms with Crippen LogP contribution in [0.3, 0.4) is 0 Å². The molecule has 14 heteroatoms. The lowest BCUT2D eigenvalue weighted by molar-refractivity contribution is 1.27. The molecular formula is C26H8N8S6. The highest BCUT2D eigenvalue weighted by Gasteiger charge is 2.26. The zero-order valence-corrected chi connectivity index (χ0v) is 24.5. The van der Waals surface area contributed by atoms with Crippen LogP contribution in [0.25, 0.3) is 33.2 Å². The molecule has 188 valence electrons. The number of rotatable bonds is 0. The van der Waals surface area contributed by atoms with Crippen molar-refractivity contribution >= 4 is 104 Å². The molecule has 2 aromatic heterocycles. The van der Waals surface area contributed by atoms with Gasteiger partial charge in [-0.2, -0.15) is 38.5 Å². The van der Waals surface area contributed by atoms with Crippen LogP contribution in [0.1, 0.15) is 0 Å². The van der Waals surface area contributed by atoms with E-state index in [9.17, 15) is 0 Å². The monoisotopic (exact) mass is 624 g/mol. The molecule has 2 aliphatic heterocycles. The van der Waals surface area contributed by atoms with Crippen LogP contribution in [0.2, 0.25) is 0 Å². The summed E-state index contributed by atoms with van der Waals surface area (Å²) in [5, 5.41) is 37.0. The van der Waals surface area contributed by atoms with E-state index in [2.05, 4.69) is 66.0 Å². The Bertz CT molecular complexity index is 1890. The van der Waals surface area contributed by atoms with Crippen molar-refractivity contribution in [1.29, 1.82) is 21.0 Å². The lowest BCUT2D eigenvalue weighted by Crippen LogP contribution is -2.18. The highest BCUT2D eigenvalue weighted by Crippen LogP contribution is 2.61. The van der Waals surface area contributed by atoms with Crippen molar-refractivity contribution in [3.8, 4) is 24.3 Å². The maximum Gasteiger partial charge on any atom is 0.141 e. The van der Waals surface area contributed by atoms with E-state index in [1.165, 1.54) is 28.1 Å². The molecule has 8 nitrogen and oxygen atoms in total. The molecule has 0 radical (unpaired) electrons. The van der Waals surface area contributed by atoms with Gasteiger partial charge in [-0.25, -0.2) is 0 Å². The van der Waals surface area contributed by atoms with Crippen molar-refractivity contribution in [1.82, 2.24) is 17.5 Å². The first-order chi connectivity index (χ1) is 19.7. The van der Waals surface area contributed by atoms with Crippen molar-refractivity contribution in [3.63, 3.8) is 0 Å². The zero-order chi connectivity index (χ0) is 27.6. The molecule has 0 amide bonds. The second kappa shape index (κ2) is 11.3. The summed E-state index contributed by atoms with van der Waals surface area (Å²) in [7, 11) is 0. The van der Waals surface area contributed by atoms with Gasteiger partial charge in [-0.3, -0.25) is 0 Å². The van der Waals surface area contributed by atoms with Gasteiger partial charge in [-0.05, 0) is 24.3 Å². The van der Waals surface area contributed by atoms with Crippen LogP contribution in [0.15, 0.2) is 76.6 Å². The lowest BCUT2D eigenvalue weighted by atomic mass is 10.1. The number of nitrogens with zero attached hydrogens (tertiary/aromatic N) is 8. The fourth-order valence-corrected chi connectivity index (χ4v) is 10.3. The molecule has 5 aromatic rings. The molecule has 0 fully saturated rings. The van der Waals surface area contributed by atoms with Crippen LogP contribution in [0.5, 0.6) is 0 Å². The Morgan fingerprint density at radius 2 is 0.750 bits per heavy atom. The summed E-state index contributed by atoms with van der Waals surface area (Å²) in [5.41, 5.74) is 0.722. The molecule has 2 aliphatic rings. The fraction of sp³-hybridized carbons (Fsp3) is 0. The number of hydrogen-bond acceptors (Lipinski definition) is 14. The molecule has 4 heterocycles. The van der Waals surface area contributed by atoms with Crippen molar-refractivity contribution in [2.75, 3.05) is 0 Å². The molecule has 0 N–H and O–H groups in total. The minimum atomic E-state index is -0.169. The summed E-state index contributed by atoms with van der Waals surface area (Å²) in [4.78, 5) is 5.56. The first-order valence-corrected chi connectivity index (χ1v) is 15.8. The van der Waals surface area contributed by atoms with Crippen molar-refractivity contribution in [2.45, 2.75) is 19.6 Å². The summed E-state index contributed by atoms with van der Waals surface area (Å²) in [6.07, 6.45) is 0. The van der Waals surface area contributed by atoms with Crippen LogP contribution in [-0.2, 0) is 0 Å². The Balaban J connectivity index is 0.000000147. The minimum absolute atomic E-state index is 0.169. The fourth-order valence-electron chi connectivity index (χ4n) is 3.85. The van der Waals surface area contributed by atoms with Crippen molar-refractivity contribution in [3.05, 3.63) is 67.4 Å². The Labute approximate surface area is 252 Å². The van der Waals surface area contributed by atoms with E-state index in [4.69, 9.17) is 21.0 Å². The van der Waals surface area contributed by atoms with E-state index in [1.54, 1.807) is 24.3 Å². The van der Waals surface area contributed by atoms with Crippen molar-refractivity contribution in [2.24, 2.45) is 0 Å². The molecule has 3 aromatic carbocycles. The number of aromatic nitrogens is 4. The quantitative estimate of drug-likeness (QED) is 0.199. The molecule has 0 aliphatic carbocycles. The van der Waals surface area contributed by atoms with Gasteiger partial charge in [-0.1, -0.05) is 71.3 Å². The van der Waals surface area contributed by atoms with Gasteiger partial charge in [0.1, 0.15) is 57.5 Å². The molecule has 0 atom stereocenters. The van der Waals surface area contributed by atoms with Crippen LogP contribution >= 0.6 is 70.5 Å². The topological polar surface area (TPSA) is 147 Å². The van der Waals surface area contributed by atoms with E-state index in [0.29, 0.717) is 0 Å². The molecule has 0 spiro atoms. The van der Waals surface area contributed by atoms with Gasteiger partial charge < -0.3 is 0 Å². The SMILES string of the molecule is N#CC(C#N)=c1c2nsnc2c(=C(C#N)C#N)c2nsnc12.c1ccc2c(c1)SC(=C1Sc3ccccc3S1)S2. The number of thioether (sulfide) groups is 4. The standard InChI is InChI=1S/C14H8S4.C12N8S2/c1-2-6-10-9(5-1)15-13(16-10)14-17-11-7-3-4-8-12(11)18-14;13-1-5(2-14)7-9-11(19-21-17-9)8(6(3-15)4-16)12-10(7)18-22-20-12/h1-8H;. The van der Waals surface area contributed by atoms with Crippen LogP contribution in [0, 0.1) is 45.3 Å². The number of hydrogen-bond donors (Lipinski definition) is 0. The number of benzene rings is 3. The van der Waals surface area contributed by atoms with Gasteiger partial charge in [0.2, 0.25) is 0 Å². The molecular weight excluding hydrogens is 617 g/mol. The molecule has 7 rings (SSSR count). The third-order valence-corrected chi connectivity index (χ3v) is 12.2. The molecule has 0 unspecified atom stereocenters. The highest BCUT2D eigenvalue weighted by atomic mass is 32.2. The smallest absolute Gasteiger partial charge is 0.141 e. The van der Waals surface area contributed by atoms with Gasteiger partial charge in [0, 0.05) is 19.6 Å². The van der Waals surface area contributed by atoms with Crippen molar-refractivity contribution < 1.29 is 0 Å². The van der Waals surface area contributed by atoms with Gasteiger partial charge in [0.05, 0.1) is 42.4 Å². The molecule has 40 heavy (non-hydrogen) atoms. The second-order valence-electron chi connectivity index (χ2n) is 7.75. The zero-order valence-electron chi connectivity index (χ0n) is 19.6. The summed E-state index contributed by atoms with van der Waals surface area (Å²) in [6.45, 7) is 0. The van der Waals surface area contributed by atoms with E-state index >= 15 is 0 Å². The van der Waals surface area contributed by atoms with Gasteiger partial charge in [0.25, 0.3) is 0 Å². The van der Waals surface area contributed by atoms with Gasteiger partial charge in [-0.15, -0.1) is 0 Å². The van der Waals surface area contributed by atoms with E-state index in [1.807, 2.05) is 47.0 Å². The summed E-state index contributed by atoms with van der Waals surface area (Å²) in [6, 6.07) is 24.5. The first-order valence-electron chi connectivity index (χ1n) is 11.1. The maximum atomic E-state index is 9.14. The Morgan fingerprint density at radius 1 is 0.475 bits per heavy atom. The Hall–Kier alpha value is -3.86. The first kappa shape index (κ1) is 26.4. The van der Waals surface area contributed by atoms with Crippen LogP contribution < -0.4 is 10.4 Å². The summed E-state index contributed by atoms with van der Waals surface area (Å²) in [5.74, 6) is 0. The number of fused-ring (bicyclic) bond motifs is 4. The highest BCUT2D eigenvalue weighted by molar-refractivity contribution is 8.30. The third kappa shape index (κ3) is 4.61. The molecule has 0 saturated carbocycles. The summed E-state index contributed by atoms with van der Waals surface area (Å²) < 4.78 is 19.2.